The average molecular weight is 1670 g/mol. The van der Waals surface area contributed by atoms with Crippen LogP contribution in [-0.2, 0) is 93.0 Å². The minimum absolute atomic E-state index is 0.000866. The summed E-state index contributed by atoms with van der Waals surface area (Å²) in [4.78, 5) is 241. The zero-order valence-corrected chi connectivity index (χ0v) is 69.7. The molecule has 116 heavy (non-hydrogen) atoms. The van der Waals surface area contributed by atoms with Crippen molar-refractivity contribution in [2.45, 2.75) is 324 Å². The summed E-state index contributed by atoms with van der Waals surface area (Å²) in [6.45, 7) is 6.06. The number of carboxylic acids is 3. The molecule has 4 aliphatic heterocycles. The van der Waals surface area contributed by atoms with Gasteiger partial charge in [0.25, 0.3) is 0 Å². The number of primary amides is 1. The highest BCUT2D eigenvalue weighted by atomic mass is 32.2. The number of nitrogens with zero attached hydrogens (tertiary/aromatic N) is 2. The maximum atomic E-state index is 15.2. The van der Waals surface area contributed by atoms with Crippen molar-refractivity contribution in [1.29, 1.82) is 0 Å². The van der Waals surface area contributed by atoms with Gasteiger partial charge in [0.2, 0.25) is 65.0 Å². The molecular weight excluding hydrogens is 1540 g/mol. The highest BCUT2D eigenvalue weighted by Crippen LogP contribution is 2.29. The van der Waals surface area contributed by atoms with Crippen molar-refractivity contribution in [3.8, 4) is 0 Å². The molecule has 0 spiro atoms. The average Bonchev–Trinajstić information content (AvgIpc) is 1.77. The van der Waals surface area contributed by atoms with E-state index in [4.69, 9.17) is 5.73 Å². The highest BCUT2D eigenvalue weighted by molar-refractivity contribution is 7.98. The molecule has 2 bridgehead atoms. The Balaban J connectivity index is 1.61. The predicted octanol–water partition coefficient (Wildman–Crippen LogP) is 5.50. The van der Waals surface area contributed by atoms with Crippen molar-refractivity contribution in [3.63, 3.8) is 0 Å². The summed E-state index contributed by atoms with van der Waals surface area (Å²) in [5.74, 6) is -19.7. The zero-order valence-electron chi connectivity index (χ0n) is 68.0. The van der Waals surface area contributed by atoms with Crippen LogP contribution in [0.3, 0.4) is 0 Å². The Labute approximate surface area is 689 Å². The Kier molecular flexibility index (Phi) is 44.8. The van der Waals surface area contributed by atoms with Crippen LogP contribution >= 0.6 is 23.5 Å². The second kappa shape index (κ2) is 53.0. The number of carbonyl (C=O) groups excluding carboxylic acids is 14. The van der Waals surface area contributed by atoms with Crippen molar-refractivity contribution >= 4 is 124 Å². The van der Waals surface area contributed by atoms with Crippen molar-refractivity contribution in [2.24, 2.45) is 23.5 Å². The van der Waals surface area contributed by atoms with E-state index in [1.54, 1.807) is 24.3 Å². The van der Waals surface area contributed by atoms with Gasteiger partial charge in [-0.3, -0.25) is 81.5 Å². The monoisotopic (exact) mass is 1670 g/mol. The Morgan fingerprint density at radius 1 is 0.517 bits per heavy atom. The van der Waals surface area contributed by atoms with Crippen LogP contribution in [0.25, 0.3) is 0 Å². The Hall–Kier alpha value is -8.53. The maximum Gasteiger partial charge on any atom is 0.305 e. The number of amides is 11. The second-order valence-electron chi connectivity index (χ2n) is 31.7. The molecule has 0 aromatic heterocycles. The molecule has 0 unspecified atom stereocenters. The van der Waals surface area contributed by atoms with Crippen LogP contribution in [0.2, 0.25) is 0 Å². The van der Waals surface area contributed by atoms with Gasteiger partial charge in [0.15, 0.2) is 17.3 Å². The number of thioether (sulfide) groups is 2. The lowest BCUT2D eigenvalue weighted by Gasteiger charge is -2.31. The minimum atomic E-state index is -1.94. The Bertz CT molecular complexity index is 3490. The number of nitrogens with two attached hydrogens (primary N) is 1. The molecule has 0 saturated carbocycles. The first kappa shape index (κ1) is 98.0. The number of aliphatic hydroxyl groups is 1. The number of aliphatic carboxylic acids is 3. The molecule has 5 rings (SSSR count). The van der Waals surface area contributed by atoms with Crippen molar-refractivity contribution in [1.82, 2.24) is 52.3 Å². The maximum absolute atomic E-state index is 15.2. The molecule has 12 atom stereocenters. The van der Waals surface area contributed by atoms with Gasteiger partial charge in [-0.1, -0.05) is 148 Å². The summed E-state index contributed by atoms with van der Waals surface area (Å²) in [6, 6.07) is -6.56. The highest BCUT2D eigenvalue weighted by Gasteiger charge is 2.43. The number of hydrogen-bond acceptors (Lipinski definition) is 20. The van der Waals surface area contributed by atoms with Crippen LogP contribution in [0.5, 0.6) is 0 Å². The lowest BCUT2D eigenvalue weighted by molar-refractivity contribution is -0.146. The van der Waals surface area contributed by atoms with E-state index >= 15 is 14.4 Å². The van der Waals surface area contributed by atoms with Crippen LogP contribution in [0.15, 0.2) is 24.3 Å². The summed E-state index contributed by atoms with van der Waals surface area (Å²) in [5.41, 5.74) is 7.00. The number of hydrogen-bond donors (Lipinski definition) is 13. The van der Waals surface area contributed by atoms with E-state index in [-0.39, 0.29) is 106 Å². The van der Waals surface area contributed by atoms with Crippen LogP contribution < -0.4 is 48.3 Å². The lowest BCUT2D eigenvalue weighted by atomic mass is 9.95. The third kappa shape index (κ3) is 35.7. The number of carbonyl (C=O) groups is 17. The Morgan fingerprint density at radius 2 is 1.06 bits per heavy atom. The first-order valence-electron chi connectivity index (χ1n) is 41.8. The van der Waals surface area contributed by atoms with Gasteiger partial charge in [0.05, 0.1) is 37.1 Å². The third-order valence-corrected chi connectivity index (χ3v) is 23.8. The Morgan fingerprint density at radius 3 is 1.65 bits per heavy atom. The number of benzene rings is 1. The van der Waals surface area contributed by atoms with E-state index < -0.39 is 225 Å². The van der Waals surface area contributed by atoms with E-state index in [9.17, 15) is 87.5 Å². The first-order valence-corrected chi connectivity index (χ1v) is 44.1. The van der Waals surface area contributed by atoms with E-state index in [0.717, 1.165) is 67.5 Å². The number of nitrogens with one attached hydrogen (secondary N) is 8. The van der Waals surface area contributed by atoms with Crippen LogP contribution in [-0.4, -0.2) is 222 Å². The van der Waals surface area contributed by atoms with Crippen molar-refractivity contribution in [3.05, 3.63) is 35.4 Å². The molecule has 2 fully saturated rings. The zero-order chi connectivity index (χ0) is 85.2. The normalized spacial score (nSPS) is 24.8. The molecule has 4 aliphatic rings. The van der Waals surface area contributed by atoms with Crippen LogP contribution in [0.1, 0.15) is 264 Å². The molecular formula is C82H127N11O21S2. The number of ketones is 3. The van der Waals surface area contributed by atoms with Gasteiger partial charge in [-0.15, -0.1) is 0 Å². The summed E-state index contributed by atoms with van der Waals surface area (Å²) < 4.78 is 0. The molecule has 1 aromatic rings. The van der Waals surface area contributed by atoms with Gasteiger partial charge in [0.1, 0.15) is 42.3 Å². The molecule has 2 saturated heterocycles. The fourth-order valence-corrected chi connectivity index (χ4v) is 17.3. The van der Waals surface area contributed by atoms with Crippen LogP contribution in [0, 0.1) is 17.8 Å². The van der Waals surface area contributed by atoms with Crippen LogP contribution in [0.4, 0.5) is 0 Å². The van der Waals surface area contributed by atoms with Crippen molar-refractivity contribution in [2.75, 3.05) is 31.1 Å². The summed E-state index contributed by atoms with van der Waals surface area (Å²) in [5, 5.41) is 61.5. The minimum Gasteiger partial charge on any atom is -0.481 e. The predicted molar refractivity (Wildman–Crippen MR) is 434 cm³/mol. The molecule has 32 nitrogen and oxygen atoms in total. The van der Waals surface area contributed by atoms with Gasteiger partial charge in [-0.2, -0.15) is 23.5 Å². The number of Topliss-reactive ketones (excluding diaryl/α,β-unsaturated/α-hetero) is 3. The summed E-state index contributed by atoms with van der Waals surface area (Å²) in [7, 11) is 0. The molecule has 4 heterocycles. The lowest BCUT2D eigenvalue weighted by Crippen LogP contribution is -2.60. The SMILES string of the molecule is CCCCCCCCCCCCCCCCCC(=O)N[C@H]1CCCCCC(=O)[C@H]2CCCN2C(=O)[C@H](CC(C)C)NC(=O)[C@@H]2CSCc3ccccc3CSC[C@H](CC(=O)[C@H](CCC(N)=O)NC1=O)C(=O)N[C@@H](CC(=O)O)C(=O)N1CCC[C@H]1C(=O)N[C@@H](CCC(=O)O)C(=O)N[C@@H]([C@@H](C)O)C(=O)NCC(=O)C[C@@H](CCC(=O)O)C(=O)N2. The summed E-state index contributed by atoms with van der Waals surface area (Å²) >= 11 is 2.29. The standard InChI is InChI=1S/C82H127N11O21S2/c1-5-6-7-8-9-10-11-12-13-14-15-16-17-18-22-33-69(99)85-59-29-20-19-21-32-66(96)64-30-25-40-92(64)81(113)61(42-51(2)3)89-78(110)63-50-116-48-55-28-24-23-27-54(55)47-115-49-56(44-67(97)58(86-76(59)108)35-37-68(83)98)75(107)88-62(45-72(104)105)82(114)93-41-26-31-65(93)79(111)87-60(36-39-71(102)103)77(109)91-73(52(4)94)80(112)84-46-57(95)43-53(74(106)90-63)34-38-70(100)101/h23-24,27-28,51-53,56,58-65,73,94H,5-22,25-26,29-50H2,1-4H3,(H2,83,98)(H,84,112)(H,85,99)(H,86,108)(H,87,111)(H,88,107)(H,89,110)(H,90,106)(H,91,109)(H,100,101)(H,102,103)(H,104,105)/t52-,53-,56+,58+,59+,60+,61+,62+,63+,64-,65+,73+/m1/s1. The summed E-state index contributed by atoms with van der Waals surface area (Å²) in [6.07, 6.45) is 10.9. The number of unbranched alkanes of at least 4 members (excludes halogenated alkanes) is 14. The quantitative estimate of drug-likeness (QED) is 0.0408. The number of aliphatic hydroxyl groups excluding tert-OH is 1. The molecule has 648 valence electrons. The smallest absolute Gasteiger partial charge is 0.305 e. The first-order chi connectivity index (χ1) is 55.4. The van der Waals surface area contributed by atoms with Gasteiger partial charge < -0.3 is 78.5 Å². The van der Waals surface area contributed by atoms with Gasteiger partial charge in [0, 0.05) is 87.0 Å². The molecule has 11 amide bonds. The van der Waals surface area contributed by atoms with E-state index in [2.05, 4.69) is 49.5 Å². The van der Waals surface area contributed by atoms with E-state index in [0.29, 0.717) is 36.8 Å². The second-order valence-corrected chi connectivity index (χ2v) is 33.8. The van der Waals surface area contributed by atoms with Gasteiger partial charge in [-0.25, -0.2) is 0 Å². The number of rotatable bonds is 31. The third-order valence-electron chi connectivity index (χ3n) is 21.6. The van der Waals surface area contributed by atoms with E-state index in [1.165, 1.54) is 62.7 Å². The molecule has 14 N–H and O–H groups in total. The van der Waals surface area contributed by atoms with Crippen molar-refractivity contribution < 1.29 is 102 Å². The molecule has 1 aromatic carbocycles. The number of fused-ring (bicyclic) bond motifs is 8. The fourth-order valence-electron chi connectivity index (χ4n) is 15.0. The van der Waals surface area contributed by atoms with Gasteiger partial charge >= 0.3 is 17.9 Å². The molecule has 34 heteroatoms. The van der Waals surface area contributed by atoms with Gasteiger partial charge in [-0.05, 0) is 94.6 Å². The topological polar surface area (TPSA) is 500 Å². The fraction of sp³-hybridized carbons (Fsp3) is 0.720. The number of carboxylic acid groups (broad SMARTS) is 3. The molecule has 0 radical (unpaired) electrons. The van der Waals surface area contributed by atoms with E-state index in [1.807, 2.05) is 13.8 Å². The molecule has 0 aliphatic carbocycles. The largest absolute Gasteiger partial charge is 0.481 e.